The predicted octanol–water partition coefficient (Wildman–Crippen LogP) is 2.61. The van der Waals surface area contributed by atoms with Crippen molar-refractivity contribution in [3.8, 4) is 0 Å². The Morgan fingerprint density at radius 2 is 1.50 bits per heavy atom. The van der Waals surface area contributed by atoms with Gasteiger partial charge >= 0.3 is 11.9 Å². The average Bonchev–Trinajstić information content (AvgIpc) is 3.30. The fourth-order valence-electron chi connectivity index (χ4n) is 7.89. The SMILES string of the molecule is COC(=O)C1=C[C@@H](C(=O)OC)[C@@H]2C3=C(C(=O)[C@@]2(C)NC(=O)c2ccccc2)[C@H](c2ccccc2)[C@@H]2C(=O)N(C)C(=O)[C@@H]2[C@@H]3C1. The van der Waals surface area contributed by atoms with Crippen molar-refractivity contribution in [2.24, 2.45) is 29.6 Å². The average molecular weight is 597 g/mol. The maximum absolute atomic E-state index is 14.9. The Kier molecular flexibility index (Phi) is 7.10. The Morgan fingerprint density at radius 3 is 2.11 bits per heavy atom. The van der Waals surface area contributed by atoms with Gasteiger partial charge in [0.25, 0.3) is 5.91 Å². The Labute approximate surface area is 254 Å². The number of likely N-dealkylation sites (tertiary alicyclic amines) is 1. The molecule has 226 valence electrons. The van der Waals surface area contributed by atoms with Crippen molar-refractivity contribution in [1.29, 1.82) is 0 Å². The minimum atomic E-state index is -1.69. The Hall–Kier alpha value is -4.86. The number of benzene rings is 2. The number of imide groups is 1. The number of Topliss-reactive ketones (excluding diaryl/α,β-unsaturated/α-hetero) is 1. The summed E-state index contributed by atoms with van der Waals surface area (Å²) in [6.45, 7) is 1.57. The van der Waals surface area contributed by atoms with Gasteiger partial charge in [0.05, 0.1) is 32.0 Å². The molecule has 0 radical (unpaired) electrons. The van der Waals surface area contributed by atoms with Crippen LogP contribution in [0.25, 0.3) is 0 Å². The van der Waals surface area contributed by atoms with E-state index in [2.05, 4.69) is 5.32 Å². The third kappa shape index (κ3) is 4.15. The molecule has 2 aromatic carbocycles. The maximum Gasteiger partial charge on any atom is 0.333 e. The molecule has 10 heteroatoms. The zero-order chi connectivity index (χ0) is 31.5. The summed E-state index contributed by atoms with van der Waals surface area (Å²) in [4.78, 5) is 83.9. The second-order valence-electron chi connectivity index (χ2n) is 11.9. The zero-order valence-corrected chi connectivity index (χ0v) is 24.7. The van der Waals surface area contributed by atoms with E-state index < -0.39 is 76.5 Å². The van der Waals surface area contributed by atoms with E-state index in [-0.39, 0.29) is 17.6 Å². The number of esters is 2. The van der Waals surface area contributed by atoms with Gasteiger partial charge in [0.15, 0.2) is 5.78 Å². The lowest BCUT2D eigenvalue weighted by Gasteiger charge is -2.40. The highest BCUT2D eigenvalue weighted by Gasteiger charge is 2.67. The number of carbonyl (C=O) groups is 6. The fourth-order valence-corrected chi connectivity index (χ4v) is 7.89. The van der Waals surface area contributed by atoms with Crippen LogP contribution >= 0.6 is 0 Å². The minimum absolute atomic E-state index is 0.0406. The summed E-state index contributed by atoms with van der Waals surface area (Å²) in [5, 5.41) is 2.93. The molecule has 1 saturated heterocycles. The van der Waals surface area contributed by atoms with Crippen LogP contribution in [0, 0.1) is 29.6 Å². The van der Waals surface area contributed by atoms with Crippen molar-refractivity contribution in [3.63, 3.8) is 0 Å². The molecular formula is C34H32N2O8. The molecule has 44 heavy (non-hydrogen) atoms. The van der Waals surface area contributed by atoms with Crippen molar-refractivity contribution >= 4 is 35.4 Å². The summed E-state index contributed by atoms with van der Waals surface area (Å²) in [6.07, 6.45) is 1.40. The summed E-state index contributed by atoms with van der Waals surface area (Å²) in [6, 6.07) is 17.4. The van der Waals surface area contributed by atoms with E-state index in [1.54, 1.807) is 61.5 Å². The number of hydrogen-bond acceptors (Lipinski definition) is 8. The minimum Gasteiger partial charge on any atom is -0.469 e. The van der Waals surface area contributed by atoms with Gasteiger partial charge in [-0.25, -0.2) is 4.79 Å². The van der Waals surface area contributed by atoms with Crippen molar-refractivity contribution < 1.29 is 38.2 Å². The van der Waals surface area contributed by atoms with Crippen LogP contribution in [0.5, 0.6) is 0 Å². The topological polar surface area (TPSA) is 136 Å². The van der Waals surface area contributed by atoms with E-state index in [0.717, 1.165) is 4.90 Å². The quantitative estimate of drug-likeness (QED) is 0.411. The first-order valence-corrected chi connectivity index (χ1v) is 14.4. The van der Waals surface area contributed by atoms with Crippen LogP contribution in [0.2, 0.25) is 0 Å². The van der Waals surface area contributed by atoms with Crippen LogP contribution in [0.3, 0.4) is 0 Å². The second kappa shape index (κ2) is 10.7. The van der Waals surface area contributed by atoms with Crippen molar-refractivity contribution in [3.05, 3.63) is 94.6 Å². The second-order valence-corrected chi connectivity index (χ2v) is 11.9. The molecule has 0 saturated carbocycles. The summed E-state index contributed by atoms with van der Waals surface area (Å²) in [5.41, 5.74) is 0.174. The van der Waals surface area contributed by atoms with Gasteiger partial charge in [0.2, 0.25) is 11.8 Å². The fraction of sp³-hybridized carbons (Fsp3) is 0.353. The molecule has 4 aliphatic rings. The summed E-state index contributed by atoms with van der Waals surface area (Å²) in [7, 11) is 3.85. The van der Waals surface area contributed by atoms with Gasteiger partial charge in [-0.15, -0.1) is 0 Å². The van der Waals surface area contributed by atoms with Crippen LogP contribution in [0.1, 0.15) is 35.2 Å². The van der Waals surface area contributed by atoms with Crippen LogP contribution in [-0.4, -0.2) is 67.1 Å². The number of nitrogens with one attached hydrogen (secondary N) is 1. The summed E-state index contributed by atoms with van der Waals surface area (Å²) < 4.78 is 10.3. The van der Waals surface area contributed by atoms with Crippen LogP contribution in [-0.2, 0) is 33.4 Å². The number of nitrogens with zero attached hydrogens (tertiary/aromatic N) is 1. The molecule has 1 aliphatic heterocycles. The van der Waals surface area contributed by atoms with E-state index in [4.69, 9.17) is 9.47 Å². The third-order valence-corrected chi connectivity index (χ3v) is 9.77. The number of ketones is 1. The number of amides is 3. The molecule has 0 bridgehead atoms. The first kappa shape index (κ1) is 29.2. The standard InChI is InChI=1S/C34H32N2O8/c1-34(35-29(38)18-13-9-6-10-14-18)27-21(33(42)44-4)16-19(32(41)43-3)15-20-23(27)25(28(34)37)22(17-11-7-5-8-12-17)26-24(20)30(39)36(2)31(26)40/h5-14,16,20-22,24,26-27H,15H2,1-4H3,(H,35,38)/t20-,21-,22+,24-,26+,27-,34+/m1/s1. The lowest BCUT2D eigenvalue weighted by Crippen LogP contribution is -2.57. The van der Waals surface area contributed by atoms with E-state index in [1.165, 1.54) is 27.3 Å². The number of hydrogen-bond donors (Lipinski definition) is 1. The number of ether oxygens (including phenoxy) is 2. The van der Waals surface area contributed by atoms with E-state index in [0.29, 0.717) is 16.7 Å². The molecule has 7 atom stereocenters. The molecule has 0 aromatic heterocycles. The van der Waals surface area contributed by atoms with E-state index >= 15 is 0 Å². The van der Waals surface area contributed by atoms with Gasteiger partial charge in [0.1, 0.15) is 5.54 Å². The normalized spacial score (nSPS) is 30.7. The lowest BCUT2D eigenvalue weighted by atomic mass is 9.61. The number of methoxy groups -OCH3 is 2. The molecule has 1 fully saturated rings. The zero-order valence-electron chi connectivity index (χ0n) is 24.7. The molecule has 1 N–H and O–H groups in total. The molecule has 1 heterocycles. The van der Waals surface area contributed by atoms with E-state index in [1.807, 2.05) is 6.07 Å². The molecule has 3 aliphatic carbocycles. The molecular weight excluding hydrogens is 564 g/mol. The number of rotatable bonds is 5. The van der Waals surface area contributed by atoms with Gasteiger partial charge in [-0.05, 0) is 37.0 Å². The molecule has 2 aromatic rings. The van der Waals surface area contributed by atoms with Gasteiger partial charge < -0.3 is 14.8 Å². The Morgan fingerprint density at radius 1 is 0.886 bits per heavy atom. The number of carbonyl (C=O) groups excluding carboxylic acids is 6. The third-order valence-electron chi connectivity index (χ3n) is 9.77. The van der Waals surface area contributed by atoms with Crippen molar-refractivity contribution in [1.82, 2.24) is 10.2 Å². The van der Waals surface area contributed by atoms with Crippen LogP contribution in [0.4, 0.5) is 0 Å². The summed E-state index contributed by atoms with van der Waals surface area (Å²) in [5.74, 6) is -8.91. The molecule has 0 unspecified atom stereocenters. The van der Waals surface area contributed by atoms with Crippen LogP contribution < -0.4 is 5.32 Å². The number of fused-ring (bicyclic) bond motifs is 2. The monoisotopic (exact) mass is 596 g/mol. The van der Waals surface area contributed by atoms with Gasteiger partial charge in [-0.2, -0.15) is 0 Å². The molecule has 0 spiro atoms. The van der Waals surface area contributed by atoms with Gasteiger partial charge in [-0.3, -0.25) is 28.9 Å². The first-order valence-electron chi connectivity index (χ1n) is 14.4. The predicted molar refractivity (Wildman–Crippen MR) is 155 cm³/mol. The highest BCUT2D eigenvalue weighted by molar-refractivity contribution is 6.15. The van der Waals surface area contributed by atoms with Crippen molar-refractivity contribution in [2.75, 3.05) is 21.3 Å². The first-order chi connectivity index (χ1) is 21.0. The lowest BCUT2D eigenvalue weighted by molar-refractivity contribution is -0.146. The van der Waals surface area contributed by atoms with Crippen LogP contribution in [0.15, 0.2) is 83.5 Å². The van der Waals surface area contributed by atoms with Gasteiger partial charge in [0, 0.05) is 35.6 Å². The highest BCUT2D eigenvalue weighted by Crippen LogP contribution is 2.62. The van der Waals surface area contributed by atoms with E-state index in [9.17, 15) is 28.8 Å². The summed E-state index contributed by atoms with van der Waals surface area (Å²) >= 11 is 0. The highest BCUT2D eigenvalue weighted by atomic mass is 16.5. The Balaban J connectivity index is 1.64. The molecule has 6 rings (SSSR count). The largest absolute Gasteiger partial charge is 0.469 e. The Bertz CT molecular complexity index is 1660. The molecule has 3 amide bonds. The molecule has 10 nitrogen and oxygen atoms in total. The van der Waals surface area contributed by atoms with Crippen molar-refractivity contribution in [2.45, 2.75) is 24.8 Å². The smallest absolute Gasteiger partial charge is 0.333 e. The maximum atomic E-state index is 14.9. The van der Waals surface area contributed by atoms with Gasteiger partial charge in [-0.1, -0.05) is 60.2 Å².